The van der Waals surface area contributed by atoms with Crippen LogP contribution in [0.25, 0.3) is 0 Å². The van der Waals surface area contributed by atoms with Gasteiger partial charge in [-0.15, -0.1) is 0 Å². The first-order valence-corrected chi connectivity index (χ1v) is 19.3. The number of phenols is 1. The molecule has 8 rings (SSSR count). The molecule has 3 heterocycles. The van der Waals surface area contributed by atoms with Crippen LogP contribution in [-0.4, -0.2) is 82.9 Å². The maximum Gasteiger partial charge on any atom is 0.255 e. The molecule has 4 aromatic carbocycles. The number of aryl methyl sites for hydroxylation is 2. The predicted octanol–water partition coefficient (Wildman–Crippen LogP) is 6.16. The molecule has 3 atom stereocenters. The Morgan fingerprint density at radius 3 is 2.43 bits per heavy atom. The van der Waals surface area contributed by atoms with Crippen LogP contribution in [0.5, 0.6) is 11.5 Å². The minimum absolute atomic E-state index is 0.108. The van der Waals surface area contributed by atoms with Crippen molar-refractivity contribution >= 4 is 17.7 Å². The molecule has 0 radical (unpaired) electrons. The molecule has 3 amide bonds. The monoisotopic (exact) mass is 724 g/mol. The fourth-order valence-corrected chi connectivity index (χ4v) is 8.84. The fourth-order valence-electron chi connectivity index (χ4n) is 8.84. The van der Waals surface area contributed by atoms with Gasteiger partial charge in [0.1, 0.15) is 24.1 Å². The van der Waals surface area contributed by atoms with Gasteiger partial charge in [0.05, 0.1) is 0 Å². The van der Waals surface area contributed by atoms with Crippen molar-refractivity contribution in [1.82, 2.24) is 20.0 Å². The van der Waals surface area contributed by atoms with Crippen molar-refractivity contribution < 1.29 is 24.2 Å². The Balaban J connectivity index is 0.794. The smallest absolute Gasteiger partial charge is 0.255 e. The number of ether oxygens (including phenoxy) is 1. The van der Waals surface area contributed by atoms with E-state index < -0.39 is 6.04 Å². The van der Waals surface area contributed by atoms with Gasteiger partial charge >= 0.3 is 0 Å². The lowest BCUT2D eigenvalue weighted by molar-refractivity contribution is -0.133. The number of piperazine rings is 1. The molecule has 0 aromatic heterocycles. The summed E-state index contributed by atoms with van der Waals surface area (Å²) >= 11 is 0. The zero-order chi connectivity index (χ0) is 37.2. The highest BCUT2D eigenvalue weighted by Gasteiger charge is 2.38. The van der Waals surface area contributed by atoms with Crippen LogP contribution in [-0.2, 0) is 29.0 Å². The molecule has 1 aliphatic carbocycles. The Kier molecular flexibility index (Phi) is 10.2. The van der Waals surface area contributed by atoms with E-state index in [1.54, 1.807) is 11.0 Å². The highest BCUT2D eigenvalue weighted by molar-refractivity contribution is 6.01. The number of allylic oxidation sites excluding steroid dienone is 1. The number of rotatable bonds is 10. The molecule has 9 nitrogen and oxygen atoms in total. The predicted molar refractivity (Wildman–Crippen MR) is 207 cm³/mol. The zero-order valence-corrected chi connectivity index (χ0v) is 30.7. The number of amides is 3. The van der Waals surface area contributed by atoms with Crippen molar-refractivity contribution in [2.24, 2.45) is 0 Å². The first kappa shape index (κ1) is 35.6. The number of hydrogen-bond acceptors (Lipinski definition) is 6. The van der Waals surface area contributed by atoms with Gasteiger partial charge in [-0.3, -0.25) is 19.3 Å². The highest BCUT2D eigenvalue weighted by atomic mass is 16.5. The van der Waals surface area contributed by atoms with Crippen LogP contribution in [0.1, 0.15) is 81.3 Å². The third kappa shape index (κ3) is 7.51. The van der Waals surface area contributed by atoms with Gasteiger partial charge in [0.2, 0.25) is 11.8 Å². The number of benzene rings is 4. The lowest BCUT2D eigenvalue weighted by atomic mass is 9.69. The van der Waals surface area contributed by atoms with Gasteiger partial charge in [0, 0.05) is 62.9 Å². The average molecular weight is 725 g/mol. The number of phenolic OH excluding ortho intramolecular Hbond substituents is 1. The Labute approximate surface area is 317 Å². The summed E-state index contributed by atoms with van der Waals surface area (Å²) in [5, 5.41) is 12.9. The van der Waals surface area contributed by atoms with Crippen molar-refractivity contribution in [2.45, 2.75) is 62.9 Å². The number of piperidine rings is 1. The van der Waals surface area contributed by atoms with E-state index in [4.69, 9.17) is 4.74 Å². The van der Waals surface area contributed by atoms with Crippen LogP contribution in [0, 0.1) is 0 Å². The second kappa shape index (κ2) is 15.5. The normalized spacial score (nSPS) is 21.4. The van der Waals surface area contributed by atoms with Crippen LogP contribution in [0.2, 0.25) is 0 Å². The van der Waals surface area contributed by atoms with Crippen LogP contribution >= 0.6 is 0 Å². The SMILES string of the molecule is C=C1CCC(N2Cc3cc(CCC(=O)N4CCN(CCOc5ccc([C@H]6c7ccc(O)cc7CC[C@H]6c6ccccc6)cc5)CC4)ccc3C2=O)C(=O)N1. The molecule has 0 bridgehead atoms. The van der Waals surface area contributed by atoms with Crippen LogP contribution < -0.4 is 10.1 Å². The molecule has 3 aliphatic heterocycles. The third-order valence-electron chi connectivity index (χ3n) is 11.8. The summed E-state index contributed by atoms with van der Waals surface area (Å²) < 4.78 is 6.20. The first-order valence-electron chi connectivity index (χ1n) is 19.3. The second-order valence-corrected chi connectivity index (χ2v) is 15.1. The number of fused-ring (bicyclic) bond motifs is 2. The van der Waals surface area contributed by atoms with E-state index in [9.17, 15) is 19.5 Å². The summed E-state index contributed by atoms with van der Waals surface area (Å²) in [5.41, 5.74) is 8.39. The Bertz CT molecular complexity index is 2040. The van der Waals surface area contributed by atoms with Gasteiger partial charge in [-0.05, 0) is 102 Å². The summed E-state index contributed by atoms with van der Waals surface area (Å²) in [4.78, 5) is 44.7. The summed E-state index contributed by atoms with van der Waals surface area (Å²) in [6.07, 6.45) is 4.26. The lowest BCUT2D eigenvalue weighted by Crippen LogP contribution is -2.49. The molecule has 278 valence electrons. The van der Waals surface area contributed by atoms with Crippen molar-refractivity contribution in [1.29, 1.82) is 0 Å². The lowest BCUT2D eigenvalue weighted by Gasteiger charge is -2.35. The fraction of sp³-hybridized carbons (Fsp3) is 0.356. The average Bonchev–Trinajstić information content (AvgIpc) is 3.52. The molecule has 4 aliphatic rings. The van der Waals surface area contributed by atoms with E-state index in [1.807, 2.05) is 29.2 Å². The van der Waals surface area contributed by atoms with E-state index in [0.29, 0.717) is 74.9 Å². The van der Waals surface area contributed by atoms with Crippen LogP contribution in [0.4, 0.5) is 0 Å². The number of hydrogen-bond donors (Lipinski definition) is 2. The molecule has 1 unspecified atom stereocenters. The Morgan fingerprint density at radius 1 is 0.852 bits per heavy atom. The van der Waals surface area contributed by atoms with E-state index in [2.05, 4.69) is 77.5 Å². The molecule has 0 saturated carbocycles. The number of nitrogens with zero attached hydrogens (tertiary/aromatic N) is 3. The summed E-state index contributed by atoms with van der Waals surface area (Å²) in [7, 11) is 0. The Hall–Kier alpha value is -5.41. The van der Waals surface area contributed by atoms with E-state index in [-0.39, 0.29) is 23.6 Å². The molecule has 2 saturated heterocycles. The molecule has 9 heteroatoms. The maximum absolute atomic E-state index is 13.2. The Morgan fingerprint density at radius 2 is 1.65 bits per heavy atom. The van der Waals surface area contributed by atoms with Crippen molar-refractivity contribution in [3.05, 3.63) is 142 Å². The number of aromatic hydroxyl groups is 1. The minimum Gasteiger partial charge on any atom is -0.508 e. The van der Waals surface area contributed by atoms with Crippen molar-refractivity contribution in [3.8, 4) is 11.5 Å². The van der Waals surface area contributed by atoms with Gasteiger partial charge in [-0.25, -0.2) is 0 Å². The zero-order valence-electron chi connectivity index (χ0n) is 30.7. The molecule has 4 aromatic rings. The first-order chi connectivity index (χ1) is 26.3. The second-order valence-electron chi connectivity index (χ2n) is 15.1. The van der Waals surface area contributed by atoms with Crippen molar-refractivity contribution in [2.75, 3.05) is 39.3 Å². The number of carbonyl (C=O) groups is 3. The maximum atomic E-state index is 13.2. The molecule has 2 fully saturated rings. The molecule has 2 N–H and O–H groups in total. The largest absolute Gasteiger partial charge is 0.508 e. The molecular weight excluding hydrogens is 677 g/mol. The van der Waals surface area contributed by atoms with E-state index in [0.717, 1.165) is 49.4 Å². The molecule has 0 spiro atoms. The summed E-state index contributed by atoms with van der Waals surface area (Å²) in [5.74, 6) is 1.60. The van der Waals surface area contributed by atoms with Gasteiger partial charge < -0.3 is 25.0 Å². The van der Waals surface area contributed by atoms with Gasteiger partial charge in [0.15, 0.2) is 0 Å². The van der Waals surface area contributed by atoms with Crippen LogP contribution in [0.15, 0.2) is 103 Å². The van der Waals surface area contributed by atoms with E-state index >= 15 is 0 Å². The number of carbonyl (C=O) groups excluding carboxylic acids is 3. The van der Waals surface area contributed by atoms with Gasteiger partial charge in [-0.1, -0.05) is 67.2 Å². The standard InChI is InChI=1S/C45H48N4O5/c1-30-7-19-41(44(52)46-30)49-29-35-27-31(8-16-40(35)45(49)53)9-20-42(51)48-23-21-47(22-24-48)25-26-54-37-14-10-33(11-15-37)43-38(32-5-3-2-4-6-32)17-12-34-28-36(50)13-18-39(34)43/h2-6,8,10-11,13-16,18,27-28,38,41,43,50H,1,7,9,12,17,19-26,29H2,(H,46,52)/t38-,41?,43+/m0/s1. The van der Waals surface area contributed by atoms with E-state index in [1.165, 1.54) is 22.3 Å². The summed E-state index contributed by atoms with van der Waals surface area (Å²) in [6.45, 7) is 8.63. The highest BCUT2D eigenvalue weighted by Crippen LogP contribution is 2.47. The quantitative estimate of drug-likeness (QED) is 0.203. The summed E-state index contributed by atoms with van der Waals surface area (Å²) in [6, 6.07) is 30.4. The van der Waals surface area contributed by atoms with Crippen molar-refractivity contribution in [3.63, 3.8) is 0 Å². The van der Waals surface area contributed by atoms with Gasteiger partial charge in [0.25, 0.3) is 5.91 Å². The topological polar surface area (TPSA) is 102 Å². The van der Waals surface area contributed by atoms with Crippen LogP contribution in [0.3, 0.4) is 0 Å². The molecular formula is C45H48N4O5. The minimum atomic E-state index is -0.477. The van der Waals surface area contributed by atoms with Gasteiger partial charge in [-0.2, -0.15) is 0 Å². The number of nitrogens with one attached hydrogen (secondary N) is 1. The third-order valence-corrected chi connectivity index (χ3v) is 11.8. The molecule has 54 heavy (non-hydrogen) atoms.